The Morgan fingerprint density at radius 2 is 1.11 bits per heavy atom. The van der Waals surface area contributed by atoms with E-state index in [1.54, 1.807) is 126 Å². The number of aromatic hydroxyl groups is 2. The molecule has 0 spiro atoms. The number of likely N-dealkylation sites (N-methyl/N-ethyl adjacent to an activating group) is 3. The van der Waals surface area contributed by atoms with Gasteiger partial charge in [-0.2, -0.15) is 0 Å². The Balaban J connectivity index is 1.01. The summed E-state index contributed by atoms with van der Waals surface area (Å²) in [5.74, 6) is -24.8. The number of carboxylic acids is 1. The lowest BCUT2D eigenvalue weighted by atomic mass is 9.93. The van der Waals surface area contributed by atoms with Gasteiger partial charge < -0.3 is 104 Å². The molecule has 5 heterocycles. The average Bonchev–Trinajstić information content (AvgIpc) is 1.67. The summed E-state index contributed by atoms with van der Waals surface area (Å²) >= 11 is 0.655. The highest BCUT2D eigenvalue weighted by Crippen LogP contribution is 2.36. The van der Waals surface area contributed by atoms with Crippen LogP contribution in [-0.4, -0.2) is 287 Å². The number of aliphatic hydroxyl groups excluding tert-OH is 1. The number of primary amides is 1. The van der Waals surface area contributed by atoms with Crippen LogP contribution in [0.25, 0.3) is 10.9 Å². The Hall–Kier alpha value is -14.0. The van der Waals surface area contributed by atoms with Crippen molar-refractivity contribution < 1.29 is 110 Å². The highest BCUT2D eigenvalue weighted by Gasteiger charge is 2.51. The van der Waals surface area contributed by atoms with Crippen molar-refractivity contribution in [1.82, 2.24) is 72.0 Å². The second-order valence-electron chi connectivity index (χ2n) is 36.5. The fourth-order valence-electron chi connectivity index (χ4n) is 17.9. The van der Waals surface area contributed by atoms with E-state index in [0.29, 0.717) is 63.5 Å². The summed E-state index contributed by atoms with van der Waals surface area (Å²) in [5.41, 5.74) is 14.0. The third-order valence-electron chi connectivity index (χ3n) is 25.3. The van der Waals surface area contributed by atoms with Crippen LogP contribution in [0.4, 0.5) is 18.9 Å². The summed E-state index contributed by atoms with van der Waals surface area (Å²) in [4.78, 5) is 251. The number of carboxylic acid groups (broad SMARTS) is 1. The molecular formula is C98H120F3N17O20S. The second kappa shape index (κ2) is 47.9. The number of aromatic nitrogens is 1. The number of aromatic amines is 1. The van der Waals surface area contributed by atoms with E-state index in [4.69, 9.17) is 11.5 Å². The lowest BCUT2D eigenvalue weighted by Gasteiger charge is -2.40. The summed E-state index contributed by atoms with van der Waals surface area (Å²) in [7, 11) is 3.78. The van der Waals surface area contributed by atoms with Crippen LogP contribution in [0.15, 0.2) is 146 Å². The van der Waals surface area contributed by atoms with Gasteiger partial charge in [-0.25, -0.2) is 13.2 Å². The third kappa shape index (κ3) is 27.1. The molecule has 0 radical (unpaired) electrons. The standard InChI is InChI=1S/C98H120F3N17O20S/c1-9-10-25-75-96(136)117-49-63(121)45-80(117)97(137)116-48-60(102)43-78(116)92(132)112-85(53(4)5)98(138)114(7)77(39-54-19-13-11-14-20-54)91(131)110-72-41-58-28-31-62(120)44-76(58)118(94(72)134)74(32-33-83(124)125)90(130)109-70(42-59-46-104-67-24-18-17-23-64(59)67)89(129)108-69(37-56-26-29-61(119)30-27-56)88(128)107-68(34-52(2)3)87(127)111-73(86(126)105-47-81(103)122)50-139-51-82(123)106-71(38-57-35-65(99)84(101)66(100)36-57)93(133)115(8)79(95(135)113(75)6)40-55-21-15-12-16-22-55/h11-24,26-31,35-36,44,46,52-53,60,63,68-75,77-80,85,104,119-121H,9-10,25,32-34,37-43,45,47-51,102H2,1-8H3,(H2,103,122)(H,105,126)(H,106,123)(H,107,128)(H,108,129)(H,109,130)(H,110,131)(H,111,127)(H,112,132)(H,124,125)/t60-,63-,68+,69+,70+,71+,72+,73+,74-,75+,77+,78+,79+,80-,85+/m1/s1. The molecule has 3 fully saturated rings. The van der Waals surface area contributed by atoms with Crippen LogP contribution in [0.2, 0.25) is 0 Å². The number of aliphatic carboxylic acids is 1. The molecule has 15 atom stereocenters. The Bertz CT molecular complexity index is 5660. The van der Waals surface area contributed by atoms with Crippen LogP contribution < -0.4 is 58.9 Å². The number of para-hydroxylation sites is 1. The van der Waals surface area contributed by atoms with Gasteiger partial charge in [-0.05, 0) is 107 Å². The third-order valence-corrected chi connectivity index (χ3v) is 26.4. The van der Waals surface area contributed by atoms with Crippen molar-refractivity contribution >= 4 is 123 Å². The topological polar surface area (TPSA) is 538 Å². The number of phenolic OH excluding ortho intramolecular Hbond substituents is 2. The number of nitrogens with two attached hydrogens (primary N) is 2. The molecule has 0 saturated carbocycles. The van der Waals surface area contributed by atoms with E-state index < -0.39 is 277 Å². The van der Waals surface area contributed by atoms with Crippen LogP contribution in [0.3, 0.4) is 0 Å². The smallest absolute Gasteiger partial charge is 0.303 e. The molecule has 11 rings (SSSR count). The van der Waals surface area contributed by atoms with Crippen LogP contribution in [-0.2, 0) is 115 Å². The number of thioether (sulfide) groups is 1. The number of anilines is 1. The molecule has 3 saturated heterocycles. The van der Waals surface area contributed by atoms with Crippen molar-refractivity contribution in [1.29, 1.82) is 0 Å². The van der Waals surface area contributed by atoms with Crippen LogP contribution in [0.1, 0.15) is 119 Å². The molecule has 0 unspecified atom stereocenters. The van der Waals surface area contributed by atoms with Crippen molar-refractivity contribution in [2.75, 3.05) is 57.2 Å². The summed E-state index contributed by atoms with van der Waals surface area (Å²) in [5, 5.41) is 65.5. The number of rotatable bonds is 22. The lowest BCUT2D eigenvalue weighted by Crippen LogP contribution is -2.63. The zero-order valence-corrected chi connectivity index (χ0v) is 79.1. The number of unbranched alkanes of at least 4 members (excludes halogenated alkanes) is 1. The molecule has 0 aliphatic carbocycles. The number of aliphatic hydroxyl groups is 1. The maximum Gasteiger partial charge on any atom is 0.303 e. The van der Waals surface area contributed by atoms with E-state index >= 15 is 66.3 Å². The average molecular weight is 1950 g/mol. The number of carbonyl (C=O) groups excluding carboxylic acids is 15. The van der Waals surface area contributed by atoms with Gasteiger partial charge in [0, 0.05) is 121 Å². The van der Waals surface area contributed by atoms with Gasteiger partial charge in [-0.15, -0.1) is 11.8 Å². The van der Waals surface area contributed by atoms with E-state index in [2.05, 4.69) is 47.5 Å². The molecule has 7 aromatic rings. The van der Waals surface area contributed by atoms with Crippen molar-refractivity contribution in [3.05, 3.63) is 197 Å². The predicted octanol–water partition coefficient (Wildman–Crippen LogP) is 2.34. The largest absolute Gasteiger partial charge is 0.508 e. The number of hydrogen-bond acceptors (Lipinski definition) is 21. The molecular weight excluding hydrogens is 1820 g/mol. The minimum absolute atomic E-state index is 0.0777. The minimum Gasteiger partial charge on any atom is -0.508 e. The minimum atomic E-state index is -1.94. The highest BCUT2D eigenvalue weighted by atomic mass is 32.2. The fraction of sp³-hybridized carbons (Fsp3) is 0.449. The first-order valence-corrected chi connectivity index (χ1v) is 47.2. The fourth-order valence-corrected chi connectivity index (χ4v) is 18.8. The van der Waals surface area contributed by atoms with E-state index in [-0.39, 0.29) is 80.5 Å². The molecule has 4 aliphatic heterocycles. The van der Waals surface area contributed by atoms with Gasteiger partial charge in [-0.1, -0.05) is 145 Å². The first kappa shape index (κ1) is 105. The number of hydrogen-bond donors (Lipinski definition) is 15. The van der Waals surface area contributed by atoms with Crippen LogP contribution >= 0.6 is 11.8 Å². The van der Waals surface area contributed by atoms with Crippen molar-refractivity contribution in [3.8, 4) is 11.5 Å². The quantitative estimate of drug-likeness (QED) is 0.0433. The van der Waals surface area contributed by atoms with Crippen molar-refractivity contribution in [2.24, 2.45) is 23.3 Å². The summed E-state index contributed by atoms with van der Waals surface area (Å²) in [6, 6.07) is 11.5. The lowest BCUT2D eigenvalue weighted by molar-refractivity contribution is -0.154. The Morgan fingerprint density at radius 1 is 0.540 bits per heavy atom. The number of H-pyrrole nitrogens is 1. The summed E-state index contributed by atoms with van der Waals surface area (Å²) in [6.07, 6.45) is -4.00. The Kier molecular flexibility index (Phi) is 36.3. The number of nitrogens with zero attached hydrogens (tertiary/aromatic N) is 6. The van der Waals surface area contributed by atoms with E-state index in [9.17, 15) is 44.0 Å². The van der Waals surface area contributed by atoms with Gasteiger partial charge in [0.25, 0.3) is 5.91 Å². The van der Waals surface area contributed by atoms with E-state index in [1.807, 2.05) is 0 Å². The van der Waals surface area contributed by atoms with Gasteiger partial charge >= 0.3 is 5.97 Å². The normalized spacial score (nSPS) is 24.5. The first-order chi connectivity index (χ1) is 66.1. The zero-order chi connectivity index (χ0) is 101. The Labute approximate surface area is 804 Å². The van der Waals surface area contributed by atoms with Crippen LogP contribution in [0, 0.1) is 29.3 Å². The number of amides is 15. The molecule has 1 aromatic heterocycles. The molecule has 139 heavy (non-hydrogen) atoms. The van der Waals surface area contributed by atoms with Gasteiger partial charge in [0.2, 0.25) is 82.7 Å². The summed E-state index contributed by atoms with van der Waals surface area (Å²) in [6.45, 7) is 6.84. The van der Waals surface area contributed by atoms with Gasteiger partial charge in [-0.3, -0.25) is 81.6 Å². The van der Waals surface area contributed by atoms with Crippen molar-refractivity contribution in [3.63, 3.8) is 0 Å². The SMILES string of the molecule is CCCC[C@H]1C(=O)N2C[C@H](O)C[C@@H]2C(=O)N2C[C@H](N)C[C@H]2C(=O)N[C@@H](C(C)C)C(=O)N(C)[C@@H](Cc2ccccc2)C(=O)N[C@H]2Cc3ccc(O)cc3N(C2=O)[C@H](CCC(=O)O)C(=O)N[C@@H](Cc2c[nH]c3ccccc23)C(=O)N[C@@H](Cc2ccc(O)cc2)C(=O)N[C@@H](CC(C)C)C(=O)N[C@H](C(=O)NCC(N)=O)CSCC(=O)N[C@@H](Cc2cc(F)c(F)c(F)c2)C(=O)N(C)[C@@H](Cc2ccccc2)C(=O)N1C. The molecule has 4 aliphatic rings. The molecule has 744 valence electrons. The molecule has 41 heteroatoms. The first-order valence-electron chi connectivity index (χ1n) is 46.1. The Morgan fingerprint density at radius 3 is 1.74 bits per heavy atom. The number of carbonyl (C=O) groups is 16. The van der Waals surface area contributed by atoms with E-state index in [1.165, 1.54) is 57.5 Å². The number of benzene rings is 6. The molecule has 6 aromatic carbocycles. The molecule has 17 N–H and O–H groups in total. The van der Waals surface area contributed by atoms with E-state index in [0.717, 1.165) is 35.5 Å². The van der Waals surface area contributed by atoms with Crippen molar-refractivity contribution in [2.45, 2.75) is 215 Å². The van der Waals surface area contributed by atoms with Gasteiger partial charge in [0.1, 0.15) is 90.0 Å². The molecule has 15 amide bonds. The summed E-state index contributed by atoms with van der Waals surface area (Å²) < 4.78 is 45.3. The maximum atomic E-state index is 15.9. The highest BCUT2D eigenvalue weighted by molar-refractivity contribution is 8.00. The number of halogens is 3. The maximum absolute atomic E-state index is 15.9. The zero-order valence-electron chi connectivity index (χ0n) is 78.3. The van der Waals surface area contributed by atoms with Gasteiger partial charge in [0.15, 0.2) is 17.5 Å². The monoisotopic (exact) mass is 1940 g/mol. The van der Waals surface area contributed by atoms with Crippen LogP contribution in [0.5, 0.6) is 11.5 Å². The second-order valence-corrected chi connectivity index (χ2v) is 37.5. The molecule has 2 bridgehead atoms. The molecule has 37 nitrogen and oxygen atoms in total. The number of fused-ring (bicyclic) bond motifs is 7. The number of phenols is 2. The number of nitrogens with one attached hydrogen (secondary N) is 9. The van der Waals surface area contributed by atoms with Gasteiger partial charge in [0.05, 0.1) is 24.1 Å². The predicted molar refractivity (Wildman–Crippen MR) is 505 cm³/mol.